The second-order valence-corrected chi connectivity index (χ2v) is 5.25. The quantitative estimate of drug-likeness (QED) is 0.418. The number of hydrogen-bond donors (Lipinski definition) is 2. The third kappa shape index (κ3) is 5.33. The van der Waals surface area contributed by atoms with Crippen molar-refractivity contribution < 1.29 is 4.79 Å². The molecule has 0 amide bonds. The van der Waals surface area contributed by atoms with Crippen molar-refractivity contribution in [1.82, 2.24) is 0 Å². The average Bonchev–Trinajstić information content (AvgIpc) is 2.34. The van der Waals surface area contributed by atoms with Gasteiger partial charge < -0.3 is 11.1 Å². The van der Waals surface area contributed by atoms with E-state index in [9.17, 15) is 4.79 Å². The van der Waals surface area contributed by atoms with Gasteiger partial charge in [0.2, 0.25) is 0 Å². The fourth-order valence-electron chi connectivity index (χ4n) is 2.21. The van der Waals surface area contributed by atoms with Crippen molar-refractivity contribution in [1.29, 1.82) is 0 Å². The Bertz CT molecular complexity index is 415. The smallest absolute Gasteiger partial charge is 0.161 e. The van der Waals surface area contributed by atoms with Crippen LogP contribution in [-0.4, -0.2) is 11.8 Å². The highest BCUT2D eigenvalue weighted by Gasteiger charge is 2.07. The Balaban J connectivity index is 2.48. The molecule has 0 saturated carbocycles. The zero-order valence-electron chi connectivity index (χ0n) is 12.3. The molecule has 1 aromatic rings. The van der Waals surface area contributed by atoms with E-state index in [-0.39, 0.29) is 5.78 Å². The summed E-state index contributed by atoms with van der Waals surface area (Å²) in [6, 6.07) is 6.00. The first-order valence-electron chi connectivity index (χ1n) is 7.21. The van der Waals surface area contributed by atoms with E-state index in [1.54, 1.807) is 6.07 Å². The van der Waals surface area contributed by atoms with Crippen LogP contribution in [0.4, 0.5) is 11.4 Å². The van der Waals surface area contributed by atoms with Crippen LogP contribution in [0.5, 0.6) is 0 Å². The third-order valence-electron chi connectivity index (χ3n) is 3.33. The summed E-state index contributed by atoms with van der Waals surface area (Å²) in [7, 11) is 0. The van der Waals surface area contributed by atoms with Gasteiger partial charge >= 0.3 is 0 Å². The maximum absolute atomic E-state index is 11.3. The van der Waals surface area contributed by atoms with E-state index in [2.05, 4.69) is 19.2 Å². The maximum atomic E-state index is 11.3. The summed E-state index contributed by atoms with van der Waals surface area (Å²) in [6.07, 6.45) is 6.29. The van der Waals surface area contributed by atoms with Crippen molar-refractivity contribution in [3.8, 4) is 0 Å². The Morgan fingerprint density at radius 3 is 2.63 bits per heavy atom. The second kappa shape index (κ2) is 7.82. The van der Waals surface area contributed by atoms with Crippen molar-refractivity contribution in [2.45, 2.75) is 58.9 Å². The van der Waals surface area contributed by atoms with Crippen LogP contribution >= 0.6 is 0 Å². The van der Waals surface area contributed by atoms with Crippen LogP contribution in [-0.2, 0) is 0 Å². The molecule has 0 aromatic heterocycles. The molecule has 19 heavy (non-hydrogen) atoms. The van der Waals surface area contributed by atoms with Crippen molar-refractivity contribution in [2.75, 3.05) is 11.1 Å². The largest absolute Gasteiger partial charge is 0.398 e. The molecule has 0 aliphatic carbocycles. The van der Waals surface area contributed by atoms with Gasteiger partial charge in [0.15, 0.2) is 5.78 Å². The van der Waals surface area contributed by atoms with E-state index >= 15 is 0 Å². The van der Waals surface area contributed by atoms with E-state index in [4.69, 9.17) is 5.73 Å². The van der Waals surface area contributed by atoms with E-state index in [0.29, 0.717) is 17.3 Å². The summed E-state index contributed by atoms with van der Waals surface area (Å²) in [4.78, 5) is 11.3. The normalized spacial score (nSPS) is 12.2. The van der Waals surface area contributed by atoms with Crippen LogP contribution in [0.25, 0.3) is 0 Å². The number of nitrogens with two attached hydrogens (primary N) is 1. The number of benzene rings is 1. The highest BCUT2D eigenvalue weighted by molar-refractivity contribution is 5.99. The van der Waals surface area contributed by atoms with E-state index < -0.39 is 0 Å². The Morgan fingerprint density at radius 2 is 2.05 bits per heavy atom. The average molecular weight is 262 g/mol. The topological polar surface area (TPSA) is 55.1 Å². The molecule has 1 aromatic carbocycles. The molecule has 0 radical (unpaired) electrons. The lowest BCUT2D eigenvalue weighted by molar-refractivity contribution is 0.101. The first kappa shape index (κ1) is 15.5. The molecule has 3 nitrogen and oxygen atoms in total. The number of nitrogens with one attached hydrogen (secondary N) is 1. The summed E-state index contributed by atoms with van der Waals surface area (Å²) in [5, 5.41) is 3.43. The van der Waals surface area contributed by atoms with Crippen molar-refractivity contribution >= 4 is 17.2 Å². The molecule has 1 unspecified atom stereocenters. The van der Waals surface area contributed by atoms with Gasteiger partial charge in [-0.3, -0.25) is 4.79 Å². The number of anilines is 2. The molecule has 0 aliphatic heterocycles. The number of rotatable bonds is 8. The first-order chi connectivity index (χ1) is 9.04. The molecule has 0 spiro atoms. The molecular formula is C16H26N2O. The second-order valence-electron chi connectivity index (χ2n) is 5.25. The Kier molecular flexibility index (Phi) is 6.40. The van der Waals surface area contributed by atoms with Gasteiger partial charge in [-0.2, -0.15) is 0 Å². The maximum Gasteiger partial charge on any atom is 0.161 e. The number of nitrogen functional groups attached to an aromatic ring is 1. The highest BCUT2D eigenvalue weighted by Crippen LogP contribution is 2.20. The predicted octanol–water partition coefficient (Wildman–Crippen LogP) is 4.24. The number of hydrogen-bond acceptors (Lipinski definition) is 3. The minimum atomic E-state index is 0.0108. The van der Waals surface area contributed by atoms with Gasteiger partial charge in [-0.05, 0) is 38.5 Å². The zero-order chi connectivity index (χ0) is 14.3. The van der Waals surface area contributed by atoms with Crippen molar-refractivity contribution in [3.63, 3.8) is 0 Å². The Morgan fingerprint density at radius 1 is 1.32 bits per heavy atom. The minimum Gasteiger partial charge on any atom is -0.398 e. The summed E-state index contributed by atoms with van der Waals surface area (Å²) in [5.41, 5.74) is 8.02. The van der Waals surface area contributed by atoms with Gasteiger partial charge in [0, 0.05) is 23.0 Å². The standard InChI is InChI=1S/C16H26N2O/c1-4-5-6-7-8-12(2)18-14-9-10-15(13(3)19)16(17)11-14/h9-12,18H,4-8,17H2,1-3H3. The molecule has 106 valence electrons. The molecule has 0 saturated heterocycles. The Labute approximate surface area is 116 Å². The zero-order valence-corrected chi connectivity index (χ0v) is 12.3. The fraction of sp³-hybridized carbons (Fsp3) is 0.562. The van der Waals surface area contributed by atoms with E-state index in [1.807, 2.05) is 12.1 Å². The molecule has 0 heterocycles. The van der Waals surface area contributed by atoms with Crippen molar-refractivity contribution in [2.24, 2.45) is 0 Å². The molecule has 3 N–H and O–H groups in total. The number of carbonyl (C=O) groups excluding carboxylic acids is 1. The molecule has 1 atom stereocenters. The van der Waals surface area contributed by atoms with Gasteiger partial charge in [0.1, 0.15) is 0 Å². The lowest BCUT2D eigenvalue weighted by Crippen LogP contribution is -2.15. The Hall–Kier alpha value is -1.51. The molecule has 0 aliphatic rings. The molecule has 3 heteroatoms. The van der Waals surface area contributed by atoms with Crippen LogP contribution in [0.3, 0.4) is 0 Å². The number of unbranched alkanes of at least 4 members (excludes halogenated alkanes) is 3. The van der Waals surface area contributed by atoms with E-state index in [0.717, 1.165) is 12.1 Å². The number of ketones is 1. The van der Waals surface area contributed by atoms with Crippen LogP contribution in [0.1, 0.15) is 63.2 Å². The number of Topliss-reactive ketones (excluding diaryl/α,β-unsaturated/α-hetero) is 1. The van der Waals surface area contributed by atoms with Crippen LogP contribution in [0.2, 0.25) is 0 Å². The summed E-state index contributed by atoms with van der Waals surface area (Å²) < 4.78 is 0. The van der Waals surface area contributed by atoms with Gasteiger partial charge in [0.25, 0.3) is 0 Å². The minimum absolute atomic E-state index is 0.0108. The van der Waals surface area contributed by atoms with Crippen LogP contribution in [0, 0.1) is 0 Å². The highest BCUT2D eigenvalue weighted by atomic mass is 16.1. The first-order valence-corrected chi connectivity index (χ1v) is 7.21. The third-order valence-corrected chi connectivity index (χ3v) is 3.33. The van der Waals surface area contributed by atoms with Crippen LogP contribution in [0.15, 0.2) is 18.2 Å². The van der Waals surface area contributed by atoms with Gasteiger partial charge in [0.05, 0.1) is 0 Å². The lowest BCUT2D eigenvalue weighted by atomic mass is 10.1. The van der Waals surface area contributed by atoms with Gasteiger partial charge in [-0.25, -0.2) is 0 Å². The molecule has 1 rings (SSSR count). The number of carbonyl (C=O) groups is 1. The molecule has 0 fully saturated rings. The summed E-state index contributed by atoms with van der Waals surface area (Å²) in [6.45, 7) is 5.94. The summed E-state index contributed by atoms with van der Waals surface area (Å²) >= 11 is 0. The monoisotopic (exact) mass is 262 g/mol. The lowest BCUT2D eigenvalue weighted by Gasteiger charge is -2.16. The van der Waals surface area contributed by atoms with Gasteiger partial charge in [-0.15, -0.1) is 0 Å². The van der Waals surface area contributed by atoms with Crippen LogP contribution < -0.4 is 11.1 Å². The fourth-order valence-corrected chi connectivity index (χ4v) is 2.21. The predicted molar refractivity (Wildman–Crippen MR) is 82.7 cm³/mol. The van der Waals surface area contributed by atoms with E-state index in [1.165, 1.54) is 32.6 Å². The van der Waals surface area contributed by atoms with Gasteiger partial charge in [-0.1, -0.05) is 32.6 Å². The molecule has 0 bridgehead atoms. The SMILES string of the molecule is CCCCCCC(C)Nc1ccc(C(C)=O)c(N)c1. The summed E-state index contributed by atoms with van der Waals surface area (Å²) in [5.74, 6) is 0.0108. The van der Waals surface area contributed by atoms with Crippen molar-refractivity contribution in [3.05, 3.63) is 23.8 Å². The molecular weight excluding hydrogens is 236 g/mol.